The summed E-state index contributed by atoms with van der Waals surface area (Å²) in [6.07, 6.45) is 0. The molecule has 1 N–H and O–H groups in total. The Morgan fingerprint density at radius 1 is 1.10 bits per heavy atom. The van der Waals surface area contributed by atoms with Crippen molar-refractivity contribution in [2.75, 3.05) is 21.3 Å². The van der Waals surface area contributed by atoms with Gasteiger partial charge in [0.2, 0.25) is 0 Å². The molecule has 0 fully saturated rings. The highest BCUT2D eigenvalue weighted by molar-refractivity contribution is 9.10. The first kappa shape index (κ1) is 16.3. The van der Waals surface area contributed by atoms with Gasteiger partial charge < -0.3 is 14.8 Å². The highest BCUT2D eigenvalue weighted by Gasteiger charge is 2.21. The third-order valence-electron chi connectivity index (χ3n) is 3.57. The molecule has 0 aliphatic rings. The van der Waals surface area contributed by atoms with Gasteiger partial charge in [0.1, 0.15) is 11.5 Å². The van der Waals surface area contributed by atoms with E-state index in [1.807, 2.05) is 30.5 Å². The second kappa shape index (κ2) is 6.81. The maximum absolute atomic E-state index is 5.55. The molecule has 0 aliphatic carbocycles. The minimum Gasteiger partial charge on any atom is -0.496 e. The van der Waals surface area contributed by atoms with E-state index in [9.17, 15) is 0 Å². The van der Waals surface area contributed by atoms with Gasteiger partial charge in [-0.25, -0.2) is 0 Å². The molecule has 0 saturated carbocycles. The van der Waals surface area contributed by atoms with Crippen molar-refractivity contribution in [1.82, 2.24) is 5.32 Å². The fourth-order valence-corrected chi connectivity index (χ4v) is 3.96. The first-order valence-corrected chi connectivity index (χ1v) is 8.28. The second-order valence-corrected chi connectivity index (χ2v) is 6.98. The van der Waals surface area contributed by atoms with Crippen molar-refractivity contribution in [2.45, 2.75) is 19.9 Å². The Morgan fingerprint density at radius 2 is 1.76 bits per heavy atom. The number of hydrogen-bond donors (Lipinski definition) is 1. The van der Waals surface area contributed by atoms with E-state index < -0.39 is 0 Å². The van der Waals surface area contributed by atoms with Crippen LogP contribution in [0, 0.1) is 13.8 Å². The third-order valence-corrected chi connectivity index (χ3v) is 5.41. The molecule has 1 atom stereocenters. The summed E-state index contributed by atoms with van der Waals surface area (Å²) in [5, 5.41) is 3.38. The molecule has 0 spiro atoms. The van der Waals surface area contributed by atoms with Crippen molar-refractivity contribution in [2.24, 2.45) is 0 Å². The molecule has 0 amide bonds. The standard InChI is InChI=1S/C16H20BrNO2S/c1-9-6-15(21-10(9)2)16(18-3)11-7-14(20-5)12(17)8-13(11)19-4/h6-8,16,18H,1-5H3. The van der Waals surface area contributed by atoms with Crippen LogP contribution in [0.3, 0.4) is 0 Å². The van der Waals surface area contributed by atoms with Crippen LogP contribution in [0.15, 0.2) is 22.7 Å². The van der Waals surface area contributed by atoms with Gasteiger partial charge in [-0.3, -0.25) is 0 Å². The van der Waals surface area contributed by atoms with Crippen molar-refractivity contribution in [1.29, 1.82) is 0 Å². The summed E-state index contributed by atoms with van der Waals surface area (Å²) >= 11 is 5.31. The summed E-state index contributed by atoms with van der Waals surface area (Å²) in [5.74, 6) is 1.64. The first-order valence-electron chi connectivity index (χ1n) is 6.67. The molecule has 2 rings (SSSR count). The van der Waals surface area contributed by atoms with Gasteiger partial charge in [0.05, 0.1) is 24.7 Å². The molecule has 0 bridgehead atoms. The van der Waals surface area contributed by atoms with E-state index in [2.05, 4.69) is 41.2 Å². The summed E-state index contributed by atoms with van der Waals surface area (Å²) in [4.78, 5) is 2.61. The summed E-state index contributed by atoms with van der Waals surface area (Å²) in [6.45, 7) is 4.29. The van der Waals surface area contributed by atoms with Crippen LogP contribution in [0.25, 0.3) is 0 Å². The smallest absolute Gasteiger partial charge is 0.133 e. The van der Waals surface area contributed by atoms with Crippen LogP contribution in [0.1, 0.15) is 26.9 Å². The fourth-order valence-electron chi connectivity index (χ4n) is 2.30. The zero-order chi connectivity index (χ0) is 15.6. The van der Waals surface area contributed by atoms with E-state index in [-0.39, 0.29) is 6.04 Å². The maximum Gasteiger partial charge on any atom is 0.133 e. The lowest BCUT2D eigenvalue weighted by molar-refractivity contribution is 0.393. The summed E-state index contributed by atoms with van der Waals surface area (Å²) < 4.78 is 11.9. The normalized spacial score (nSPS) is 12.3. The number of benzene rings is 1. The molecule has 5 heteroatoms. The van der Waals surface area contributed by atoms with Crippen molar-refractivity contribution >= 4 is 27.3 Å². The molecule has 0 radical (unpaired) electrons. The van der Waals surface area contributed by atoms with Crippen LogP contribution in [0.5, 0.6) is 11.5 Å². The number of thiophene rings is 1. The topological polar surface area (TPSA) is 30.5 Å². The predicted molar refractivity (Wildman–Crippen MR) is 91.9 cm³/mol. The van der Waals surface area contributed by atoms with Crippen molar-refractivity contribution in [3.63, 3.8) is 0 Å². The molecule has 3 nitrogen and oxygen atoms in total. The SMILES string of the molecule is CNC(c1cc(C)c(C)s1)c1cc(OC)c(Br)cc1OC. The van der Waals surface area contributed by atoms with Crippen LogP contribution >= 0.6 is 27.3 Å². The lowest BCUT2D eigenvalue weighted by Gasteiger charge is -2.20. The number of methoxy groups -OCH3 is 2. The minimum absolute atomic E-state index is 0.0827. The quantitative estimate of drug-likeness (QED) is 0.843. The molecular weight excluding hydrogens is 350 g/mol. The second-order valence-electron chi connectivity index (χ2n) is 4.84. The Kier molecular flexibility index (Phi) is 5.30. The Balaban J connectivity index is 2.55. The largest absolute Gasteiger partial charge is 0.496 e. The van der Waals surface area contributed by atoms with Crippen molar-refractivity contribution in [3.8, 4) is 11.5 Å². The average Bonchev–Trinajstić information content (AvgIpc) is 2.80. The molecule has 0 aliphatic heterocycles. The Hall–Kier alpha value is -1.04. The van der Waals surface area contributed by atoms with Gasteiger partial charge >= 0.3 is 0 Å². The summed E-state index contributed by atoms with van der Waals surface area (Å²) in [5.41, 5.74) is 2.39. The van der Waals surface area contributed by atoms with E-state index in [4.69, 9.17) is 9.47 Å². The Labute approximate surface area is 138 Å². The Bertz CT molecular complexity index is 620. The molecule has 21 heavy (non-hydrogen) atoms. The highest BCUT2D eigenvalue weighted by atomic mass is 79.9. The fraction of sp³-hybridized carbons (Fsp3) is 0.375. The molecule has 1 aromatic carbocycles. The molecule has 2 aromatic rings. The molecule has 114 valence electrons. The van der Waals surface area contributed by atoms with Crippen molar-refractivity contribution in [3.05, 3.63) is 43.6 Å². The highest BCUT2D eigenvalue weighted by Crippen LogP contribution is 2.39. The number of aryl methyl sites for hydroxylation is 2. The van der Waals surface area contributed by atoms with Crippen LogP contribution in [0.4, 0.5) is 0 Å². The average molecular weight is 370 g/mol. The van der Waals surface area contributed by atoms with Gasteiger partial charge in [0.25, 0.3) is 0 Å². The van der Waals surface area contributed by atoms with Gasteiger partial charge in [0.15, 0.2) is 0 Å². The van der Waals surface area contributed by atoms with Crippen LogP contribution in [-0.2, 0) is 0 Å². The van der Waals surface area contributed by atoms with E-state index >= 15 is 0 Å². The molecule has 1 aromatic heterocycles. The van der Waals surface area contributed by atoms with Gasteiger partial charge in [0, 0.05) is 15.3 Å². The van der Waals surface area contributed by atoms with E-state index in [0.29, 0.717) is 0 Å². The number of halogens is 1. The number of rotatable bonds is 5. The van der Waals surface area contributed by atoms with Gasteiger partial charge in [-0.05, 0) is 60.6 Å². The van der Waals surface area contributed by atoms with Crippen molar-refractivity contribution < 1.29 is 9.47 Å². The zero-order valence-corrected chi connectivity index (χ0v) is 15.3. The van der Waals surface area contributed by atoms with E-state index in [1.54, 1.807) is 14.2 Å². The minimum atomic E-state index is 0.0827. The summed E-state index contributed by atoms with van der Waals surface area (Å²) in [6, 6.07) is 6.29. The van der Waals surface area contributed by atoms with Gasteiger partial charge in [-0.2, -0.15) is 0 Å². The third kappa shape index (κ3) is 3.25. The maximum atomic E-state index is 5.55. The Morgan fingerprint density at radius 3 is 2.24 bits per heavy atom. The van der Waals surface area contributed by atoms with E-state index in [0.717, 1.165) is 21.5 Å². The predicted octanol–water partition coefficient (Wildman–Crippen LogP) is 4.45. The van der Waals surface area contributed by atoms with Gasteiger partial charge in [-0.15, -0.1) is 11.3 Å². The molecular formula is C16H20BrNO2S. The lowest BCUT2D eigenvalue weighted by atomic mass is 10.0. The van der Waals surface area contributed by atoms with Crippen LogP contribution in [0.2, 0.25) is 0 Å². The van der Waals surface area contributed by atoms with Crippen LogP contribution in [-0.4, -0.2) is 21.3 Å². The molecule has 1 unspecified atom stereocenters. The number of nitrogens with one attached hydrogen (secondary N) is 1. The lowest BCUT2D eigenvalue weighted by Crippen LogP contribution is -2.17. The number of hydrogen-bond acceptors (Lipinski definition) is 4. The number of ether oxygens (including phenoxy) is 2. The first-order chi connectivity index (χ1) is 10.0. The van der Waals surface area contributed by atoms with E-state index in [1.165, 1.54) is 15.3 Å². The zero-order valence-electron chi connectivity index (χ0n) is 12.9. The van der Waals surface area contributed by atoms with Crippen LogP contribution < -0.4 is 14.8 Å². The monoisotopic (exact) mass is 369 g/mol. The molecule has 0 saturated heterocycles. The molecule has 1 heterocycles. The van der Waals surface area contributed by atoms with Gasteiger partial charge in [-0.1, -0.05) is 0 Å². The summed E-state index contributed by atoms with van der Waals surface area (Å²) in [7, 11) is 5.32.